The minimum atomic E-state index is -0.784. The number of ether oxygens (including phenoxy) is 1. The zero-order valence-electron chi connectivity index (χ0n) is 11.2. The van der Waals surface area contributed by atoms with Crippen LogP contribution in [-0.2, 0) is 9.53 Å². The summed E-state index contributed by atoms with van der Waals surface area (Å²) in [5.41, 5.74) is 1.50. The van der Waals surface area contributed by atoms with Gasteiger partial charge in [-0.3, -0.25) is 4.79 Å². The fourth-order valence-corrected chi connectivity index (χ4v) is 2.29. The van der Waals surface area contributed by atoms with E-state index in [4.69, 9.17) is 4.74 Å². The summed E-state index contributed by atoms with van der Waals surface area (Å²) in [6, 6.07) is 7.20. The molecule has 1 fully saturated rings. The molecule has 0 atom stereocenters. The number of carbonyl (C=O) groups is 2. The lowest BCUT2D eigenvalue weighted by Gasteiger charge is -2.28. The van der Waals surface area contributed by atoms with Crippen molar-refractivity contribution in [1.29, 1.82) is 0 Å². The Bertz CT molecular complexity index is 447. The van der Waals surface area contributed by atoms with Gasteiger partial charge in [0.05, 0.1) is 6.61 Å². The zero-order chi connectivity index (χ0) is 13.7. The van der Waals surface area contributed by atoms with E-state index < -0.39 is 11.8 Å². The molecule has 1 saturated heterocycles. The molecule has 0 saturated carbocycles. The molecule has 0 aliphatic carbocycles. The van der Waals surface area contributed by atoms with Crippen LogP contribution < -0.4 is 4.90 Å². The van der Waals surface area contributed by atoms with Gasteiger partial charge in [0.25, 0.3) is 5.78 Å². The maximum absolute atomic E-state index is 11.7. The summed E-state index contributed by atoms with van der Waals surface area (Å²) in [5, 5.41) is 0. The second-order valence-electron chi connectivity index (χ2n) is 4.64. The number of anilines is 1. The molecular formula is C15H19NO3. The van der Waals surface area contributed by atoms with Crippen LogP contribution in [-0.4, -0.2) is 31.4 Å². The van der Waals surface area contributed by atoms with Crippen molar-refractivity contribution in [3.8, 4) is 0 Å². The number of nitrogens with zero attached hydrogens (tertiary/aromatic N) is 1. The predicted molar refractivity (Wildman–Crippen MR) is 73.5 cm³/mol. The van der Waals surface area contributed by atoms with Crippen LogP contribution in [0.15, 0.2) is 24.3 Å². The molecule has 1 aliphatic heterocycles. The van der Waals surface area contributed by atoms with Gasteiger partial charge < -0.3 is 9.64 Å². The van der Waals surface area contributed by atoms with Gasteiger partial charge in [0.2, 0.25) is 0 Å². The maximum atomic E-state index is 11.7. The monoisotopic (exact) mass is 261 g/mol. The molecule has 0 amide bonds. The lowest BCUT2D eigenvalue weighted by molar-refractivity contribution is -0.137. The van der Waals surface area contributed by atoms with E-state index in [1.165, 1.54) is 19.3 Å². The van der Waals surface area contributed by atoms with Gasteiger partial charge in [-0.2, -0.15) is 0 Å². The highest BCUT2D eigenvalue weighted by Crippen LogP contribution is 2.20. The fraction of sp³-hybridized carbons (Fsp3) is 0.467. The van der Waals surface area contributed by atoms with Crippen LogP contribution in [0.2, 0.25) is 0 Å². The smallest absolute Gasteiger partial charge is 0.379 e. The maximum Gasteiger partial charge on any atom is 0.379 e. The van der Waals surface area contributed by atoms with Gasteiger partial charge >= 0.3 is 5.97 Å². The third-order valence-corrected chi connectivity index (χ3v) is 3.31. The van der Waals surface area contributed by atoms with Crippen LogP contribution in [0.4, 0.5) is 5.69 Å². The highest BCUT2D eigenvalue weighted by Gasteiger charge is 2.18. The van der Waals surface area contributed by atoms with Crippen LogP contribution in [0.3, 0.4) is 0 Å². The first-order valence-electron chi connectivity index (χ1n) is 6.79. The molecule has 0 N–H and O–H groups in total. The van der Waals surface area contributed by atoms with Crippen molar-refractivity contribution in [2.75, 3.05) is 24.6 Å². The van der Waals surface area contributed by atoms with E-state index in [1.807, 2.05) is 12.1 Å². The van der Waals surface area contributed by atoms with Crippen LogP contribution in [0, 0.1) is 0 Å². The van der Waals surface area contributed by atoms with E-state index in [0.29, 0.717) is 5.56 Å². The van der Waals surface area contributed by atoms with Crippen LogP contribution in [0.5, 0.6) is 0 Å². The molecule has 102 valence electrons. The number of hydrogen-bond donors (Lipinski definition) is 0. The van der Waals surface area contributed by atoms with Gasteiger partial charge in [0, 0.05) is 24.3 Å². The average molecular weight is 261 g/mol. The predicted octanol–water partition coefficient (Wildman–Crippen LogP) is 2.42. The summed E-state index contributed by atoms with van der Waals surface area (Å²) in [6.45, 7) is 4.03. The van der Waals surface area contributed by atoms with Crippen molar-refractivity contribution in [3.05, 3.63) is 29.8 Å². The second-order valence-corrected chi connectivity index (χ2v) is 4.64. The van der Waals surface area contributed by atoms with Crippen molar-refractivity contribution in [3.63, 3.8) is 0 Å². The normalized spacial score (nSPS) is 15.1. The van der Waals surface area contributed by atoms with E-state index in [-0.39, 0.29) is 6.61 Å². The molecule has 2 rings (SSSR count). The van der Waals surface area contributed by atoms with Gasteiger partial charge in [0.15, 0.2) is 0 Å². The number of carbonyl (C=O) groups excluding carboxylic acids is 2. The van der Waals surface area contributed by atoms with Gasteiger partial charge in [0.1, 0.15) is 0 Å². The summed E-state index contributed by atoms with van der Waals surface area (Å²) in [5.74, 6) is -1.36. The van der Waals surface area contributed by atoms with E-state index in [9.17, 15) is 9.59 Å². The highest BCUT2D eigenvalue weighted by molar-refractivity contribution is 6.40. The Balaban J connectivity index is 2.05. The fourth-order valence-electron chi connectivity index (χ4n) is 2.29. The third-order valence-electron chi connectivity index (χ3n) is 3.31. The SMILES string of the molecule is CCOC(=O)C(=O)c1ccc(N2CCCCC2)cc1. The number of rotatable bonds is 4. The first kappa shape index (κ1) is 13.6. The molecular weight excluding hydrogens is 242 g/mol. The number of esters is 1. The van der Waals surface area contributed by atoms with Crippen LogP contribution >= 0.6 is 0 Å². The minimum Gasteiger partial charge on any atom is -0.460 e. The van der Waals surface area contributed by atoms with Crippen molar-refractivity contribution < 1.29 is 14.3 Å². The van der Waals surface area contributed by atoms with Crippen molar-refractivity contribution in [1.82, 2.24) is 0 Å². The molecule has 4 nitrogen and oxygen atoms in total. The summed E-state index contributed by atoms with van der Waals surface area (Å²) in [7, 11) is 0. The summed E-state index contributed by atoms with van der Waals surface area (Å²) >= 11 is 0. The number of hydrogen-bond acceptors (Lipinski definition) is 4. The van der Waals surface area contributed by atoms with Crippen molar-refractivity contribution in [2.45, 2.75) is 26.2 Å². The quantitative estimate of drug-likeness (QED) is 0.474. The highest BCUT2D eigenvalue weighted by atomic mass is 16.5. The number of benzene rings is 1. The Labute approximate surface area is 113 Å². The molecule has 0 aromatic heterocycles. The van der Waals surface area contributed by atoms with Crippen LogP contribution in [0.25, 0.3) is 0 Å². The Morgan fingerprint density at radius 2 is 1.74 bits per heavy atom. The third kappa shape index (κ3) is 3.34. The first-order valence-corrected chi connectivity index (χ1v) is 6.79. The first-order chi connectivity index (χ1) is 9.22. The standard InChI is InChI=1S/C15H19NO3/c1-2-19-15(18)14(17)12-6-8-13(9-7-12)16-10-4-3-5-11-16/h6-9H,2-5,10-11H2,1H3. The van der Waals surface area contributed by atoms with Crippen molar-refractivity contribution >= 4 is 17.4 Å². The number of Topliss-reactive ketones (excluding diaryl/α,β-unsaturated/α-hetero) is 1. The molecule has 0 spiro atoms. The van der Waals surface area contributed by atoms with Gasteiger partial charge in [-0.25, -0.2) is 4.79 Å². The Kier molecular flexibility index (Phi) is 4.55. The van der Waals surface area contributed by atoms with Gasteiger partial charge in [-0.15, -0.1) is 0 Å². The van der Waals surface area contributed by atoms with E-state index in [0.717, 1.165) is 18.8 Å². The topological polar surface area (TPSA) is 46.6 Å². The van der Waals surface area contributed by atoms with Gasteiger partial charge in [-0.1, -0.05) is 0 Å². The van der Waals surface area contributed by atoms with E-state index in [2.05, 4.69) is 4.90 Å². The van der Waals surface area contributed by atoms with E-state index >= 15 is 0 Å². The summed E-state index contributed by atoms with van der Waals surface area (Å²) < 4.78 is 4.71. The Morgan fingerprint density at radius 1 is 1.11 bits per heavy atom. The summed E-state index contributed by atoms with van der Waals surface area (Å²) in [4.78, 5) is 25.4. The molecule has 1 aliphatic rings. The van der Waals surface area contributed by atoms with E-state index in [1.54, 1.807) is 19.1 Å². The average Bonchev–Trinajstić information content (AvgIpc) is 2.48. The van der Waals surface area contributed by atoms with Gasteiger partial charge in [-0.05, 0) is 50.5 Å². The molecule has 0 bridgehead atoms. The molecule has 1 aromatic carbocycles. The second kappa shape index (κ2) is 6.36. The molecule has 1 aromatic rings. The molecule has 1 heterocycles. The van der Waals surface area contributed by atoms with Crippen LogP contribution in [0.1, 0.15) is 36.5 Å². The molecule has 0 radical (unpaired) electrons. The Morgan fingerprint density at radius 3 is 2.32 bits per heavy atom. The zero-order valence-corrected chi connectivity index (χ0v) is 11.2. The molecule has 19 heavy (non-hydrogen) atoms. The number of piperidine rings is 1. The Hall–Kier alpha value is -1.84. The lowest BCUT2D eigenvalue weighted by Crippen LogP contribution is -2.29. The number of ketones is 1. The summed E-state index contributed by atoms with van der Waals surface area (Å²) in [6.07, 6.45) is 3.71. The minimum absolute atomic E-state index is 0.219. The molecule has 0 unspecified atom stereocenters. The lowest BCUT2D eigenvalue weighted by atomic mass is 10.1. The van der Waals surface area contributed by atoms with Crippen molar-refractivity contribution in [2.24, 2.45) is 0 Å². The largest absolute Gasteiger partial charge is 0.460 e. The molecule has 4 heteroatoms.